The molecule has 1 aromatic rings. The van der Waals surface area contributed by atoms with E-state index in [1.165, 1.54) is 12.1 Å². The minimum atomic E-state index is -0.393. The molecule has 88 valence electrons. The van der Waals surface area contributed by atoms with Crippen molar-refractivity contribution in [2.24, 2.45) is 5.73 Å². The Morgan fingerprint density at radius 1 is 1.44 bits per heavy atom. The molecule has 0 aliphatic rings. The van der Waals surface area contributed by atoms with Crippen LogP contribution in [0, 0.1) is 10.1 Å². The van der Waals surface area contributed by atoms with Crippen LogP contribution in [0.15, 0.2) is 24.3 Å². The molecular weight excluding hydrogens is 206 g/mol. The number of non-ortho nitro benzene ring substituents is 1. The fourth-order valence-corrected chi connectivity index (χ4v) is 1.42. The first-order chi connectivity index (χ1) is 7.65. The summed E-state index contributed by atoms with van der Waals surface area (Å²) in [5.74, 6) is 0. The second kappa shape index (κ2) is 6.19. The van der Waals surface area contributed by atoms with Crippen LogP contribution in [0.3, 0.4) is 0 Å². The van der Waals surface area contributed by atoms with Gasteiger partial charge in [0.2, 0.25) is 0 Å². The third-order valence-corrected chi connectivity index (χ3v) is 2.44. The van der Waals surface area contributed by atoms with E-state index in [1.54, 1.807) is 12.1 Å². The van der Waals surface area contributed by atoms with Gasteiger partial charge in [0.05, 0.1) is 4.92 Å². The van der Waals surface area contributed by atoms with Crippen molar-refractivity contribution in [3.63, 3.8) is 0 Å². The van der Waals surface area contributed by atoms with E-state index in [1.807, 2.05) is 6.92 Å². The van der Waals surface area contributed by atoms with Crippen LogP contribution >= 0.6 is 0 Å². The molecule has 0 aliphatic carbocycles. The molecular formula is C11H17N3O2. The van der Waals surface area contributed by atoms with Crippen molar-refractivity contribution < 1.29 is 4.92 Å². The normalized spacial score (nSPS) is 12.4. The van der Waals surface area contributed by atoms with E-state index in [4.69, 9.17) is 5.73 Å². The van der Waals surface area contributed by atoms with Gasteiger partial charge in [-0.1, -0.05) is 12.1 Å². The lowest BCUT2D eigenvalue weighted by Gasteiger charge is -2.13. The average Bonchev–Trinajstić information content (AvgIpc) is 2.29. The second-order valence-corrected chi connectivity index (χ2v) is 3.67. The number of nitrogens with one attached hydrogen (secondary N) is 1. The van der Waals surface area contributed by atoms with Gasteiger partial charge in [-0.05, 0) is 32.0 Å². The Labute approximate surface area is 94.8 Å². The van der Waals surface area contributed by atoms with Crippen LogP contribution in [0.1, 0.15) is 24.9 Å². The Morgan fingerprint density at radius 3 is 2.56 bits per heavy atom. The predicted octanol–water partition coefficient (Wildman–Crippen LogP) is 1.59. The number of nitro benzene ring substituents is 1. The van der Waals surface area contributed by atoms with Gasteiger partial charge in [0.1, 0.15) is 0 Å². The molecule has 0 saturated carbocycles. The van der Waals surface area contributed by atoms with Gasteiger partial charge in [-0.2, -0.15) is 0 Å². The fourth-order valence-electron chi connectivity index (χ4n) is 1.42. The van der Waals surface area contributed by atoms with Gasteiger partial charge < -0.3 is 11.1 Å². The molecule has 1 aromatic carbocycles. The Kier molecular flexibility index (Phi) is 4.88. The van der Waals surface area contributed by atoms with Crippen molar-refractivity contribution in [1.82, 2.24) is 5.32 Å². The van der Waals surface area contributed by atoms with Crippen molar-refractivity contribution in [3.05, 3.63) is 39.9 Å². The summed E-state index contributed by atoms with van der Waals surface area (Å²) in [6.45, 7) is 3.55. The van der Waals surface area contributed by atoms with Crippen LogP contribution < -0.4 is 11.1 Å². The lowest BCUT2D eigenvalue weighted by atomic mass is 10.1. The first kappa shape index (κ1) is 12.6. The fraction of sp³-hybridized carbons (Fsp3) is 0.455. The van der Waals surface area contributed by atoms with E-state index in [-0.39, 0.29) is 11.7 Å². The van der Waals surface area contributed by atoms with Gasteiger partial charge in [0, 0.05) is 18.2 Å². The number of hydrogen-bond acceptors (Lipinski definition) is 4. The third-order valence-electron chi connectivity index (χ3n) is 2.44. The highest BCUT2D eigenvalue weighted by atomic mass is 16.6. The quantitative estimate of drug-likeness (QED) is 0.436. The van der Waals surface area contributed by atoms with E-state index < -0.39 is 4.92 Å². The summed E-state index contributed by atoms with van der Waals surface area (Å²) in [6, 6.07) is 6.79. The summed E-state index contributed by atoms with van der Waals surface area (Å²) in [4.78, 5) is 10.1. The van der Waals surface area contributed by atoms with E-state index in [0.29, 0.717) is 6.54 Å². The molecule has 0 aliphatic heterocycles. The van der Waals surface area contributed by atoms with Gasteiger partial charge >= 0.3 is 0 Å². The molecule has 16 heavy (non-hydrogen) atoms. The van der Waals surface area contributed by atoms with Crippen LogP contribution in [0.2, 0.25) is 0 Å². The molecule has 0 bridgehead atoms. The Morgan fingerprint density at radius 2 is 2.06 bits per heavy atom. The number of nitrogens with two attached hydrogens (primary N) is 1. The van der Waals surface area contributed by atoms with Crippen molar-refractivity contribution in [3.8, 4) is 0 Å². The summed E-state index contributed by atoms with van der Waals surface area (Å²) >= 11 is 0. The number of hydrogen-bond donors (Lipinski definition) is 2. The predicted molar refractivity (Wildman–Crippen MR) is 63.2 cm³/mol. The Hall–Kier alpha value is -1.46. The zero-order valence-corrected chi connectivity index (χ0v) is 9.35. The SMILES string of the molecule is CC(NCCCN)c1ccc([N+](=O)[O-])cc1. The van der Waals surface area contributed by atoms with E-state index in [0.717, 1.165) is 18.5 Å². The highest BCUT2D eigenvalue weighted by molar-refractivity contribution is 5.33. The molecule has 5 nitrogen and oxygen atoms in total. The molecule has 0 radical (unpaired) electrons. The number of rotatable bonds is 6. The Balaban J connectivity index is 2.56. The smallest absolute Gasteiger partial charge is 0.269 e. The molecule has 0 saturated heterocycles. The zero-order valence-electron chi connectivity index (χ0n) is 9.35. The van der Waals surface area contributed by atoms with Gasteiger partial charge in [-0.3, -0.25) is 10.1 Å². The van der Waals surface area contributed by atoms with Crippen molar-refractivity contribution in [2.75, 3.05) is 13.1 Å². The molecule has 0 heterocycles. The van der Waals surface area contributed by atoms with E-state index in [9.17, 15) is 10.1 Å². The zero-order chi connectivity index (χ0) is 12.0. The maximum Gasteiger partial charge on any atom is 0.269 e. The highest BCUT2D eigenvalue weighted by Gasteiger charge is 2.07. The average molecular weight is 223 g/mol. The lowest BCUT2D eigenvalue weighted by Crippen LogP contribution is -2.21. The van der Waals surface area contributed by atoms with Gasteiger partial charge in [-0.15, -0.1) is 0 Å². The molecule has 1 unspecified atom stereocenters. The van der Waals surface area contributed by atoms with Gasteiger partial charge in [0.15, 0.2) is 0 Å². The molecule has 1 atom stereocenters. The standard InChI is InChI=1S/C11H17N3O2/c1-9(13-8-2-7-12)10-3-5-11(6-4-10)14(15)16/h3-6,9,13H,2,7-8,12H2,1H3. The molecule has 1 rings (SSSR count). The van der Waals surface area contributed by atoms with E-state index >= 15 is 0 Å². The van der Waals surface area contributed by atoms with Crippen molar-refractivity contribution in [1.29, 1.82) is 0 Å². The van der Waals surface area contributed by atoms with Crippen molar-refractivity contribution in [2.45, 2.75) is 19.4 Å². The molecule has 0 fully saturated rings. The van der Waals surface area contributed by atoms with Crippen molar-refractivity contribution >= 4 is 5.69 Å². The minimum Gasteiger partial charge on any atom is -0.330 e. The number of benzene rings is 1. The van der Waals surface area contributed by atoms with Crippen LogP contribution in [-0.2, 0) is 0 Å². The monoisotopic (exact) mass is 223 g/mol. The van der Waals surface area contributed by atoms with Gasteiger partial charge in [0.25, 0.3) is 5.69 Å². The summed E-state index contributed by atoms with van der Waals surface area (Å²) in [5.41, 5.74) is 6.56. The number of nitro groups is 1. The van der Waals surface area contributed by atoms with Gasteiger partial charge in [-0.25, -0.2) is 0 Å². The largest absolute Gasteiger partial charge is 0.330 e. The minimum absolute atomic E-state index is 0.123. The molecule has 3 N–H and O–H groups in total. The first-order valence-electron chi connectivity index (χ1n) is 5.33. The summed E-state index contributed by atoms with van der Waals surface area (Å²) in [7, 11) is 0. The van der Waals surface area contributed by atoms with Crippen LogP contribution in [0.5, 0.6) is 0 Å². The maximum absolute atomic E-state index is 10.5. The lowest BCUT2D eigenvalue weighted by molar-refractivity contribution is -0.384. The van der Waals surface area contributed by atoms with Crippen LogP contribution in [0.4, 0.5) is 5.69 Å². The highest BCUT2D eigenvalue weighted by Crippen LogP contribution is 2.17. The first-order valence-corrected chi connectivity index (χ1v) is 5.33. The molecule has 0 spiro atoms. The summed E-state index contributed by atoms with van der Waals surface area (Å²) in [6.07, 6.45) is 0.928. The molecule has 0 amide bonds. The molecule has 0 aromatic heterocycles. The Bertz CT molecular complexity index is 338. The summed E-state index contributed by atoms with van der Waals surface area (Å²) < 4.78 is 0. The summed E-state index contributed by atoms with van der Waals surface area (Å²) in [5, 5.41) is 13.8. The van der Waals surface area contributed by atoms with Crippen LogP contribution in [0.25, 0.3) is 0 Å². The van der Waals surface area contributed by atoms with E-state index in [2.05, 4.69) is 5.32 Å². The topological polar surface area (TPSA) is 81.2 Å². The maximum atomic E-state index is 10.5. The number of nitrogens with zero attached hydrogens (tertiary/aromatic N) is 1. The third kappa shape index (κ3) is 3.60. The van der Waals surface area contributed by atoms with Crippen LogP contribution in [-0.4, -0.2) is 18.0 Å². The second-order valence-electron chi connectivity index (χ2n) is 3.67. The molecule has 5 heteroatoms.